The van der Waals surface area contributed by atoms with E-state index < -0.39 is 16.0 Å². The minimum Gasteiger partial charge on any atom is -0.478 e. The Morgan fingerprint density at radius 3 is 2.26 bits per heavy atom. The topological polar surface area (TPSA) is 77.9 Å². The average molecular weight is 338 g/mol. The van der Waals surface area contributed by atoms with E-state index in [0.717, 1.165) is 32.4 Å². The summed E-state index contributed by atoms with van der Waals surface area (Å²) in [5.41, 5.74) is 0.364. The van der Waals surface area contributed by atoms with Crippen molar-refractivity contribution >= 4 is 16.0 Å². The molecule has 6 nitrogen and oxygen atoms in total. The van der Waals surface area contributed by atoms with Gasteiger partial charge in [-0.2, -0.15) is 4.31 Å². The van der Waals surface area contributed by atoms with Crippen molar-refractivity contribution < 1.29 is 18.3 Å². The third-order valence-corrected chi connectivity index (χ3v) is 7.24. The van der Waals surface area contributed by atoms with Crippen LogP contribution in [0.4, 0.5) is 0 Å². The zero-order chi connectivity index (χ0) is 16.8. The van der Waals surface area contributed by atoms with Crippen molar-refractivity contribution in [3.8, 4) is 0 Å². The number of carboxylic acid groups (broad SMARTS) is 1. The Balaban J connectivity index is 1.90. The number of aryl methyl sites for hydroxylation is 1. The summed E-state index contributed by atoms with van der Waals surface area (Å²) in [7, 11) is -1.52. The quantitative estimate of drug-likeness (QED) is 0.905. The number of hydrogen-bond donors (Lipinski definition) is 1. The van der Waals surface area contributed by atoms with E-state index in [1.165, 1.54) is 18.2 Å². The van der Waals surface area contributed by atoms with Crippen LogP contribution < -0.4 is 0 Å². The van der Waals surface area contributed by atoms with Gasteiger partial charge in [0.15, 0.2) is 0 Å². The maximum atomic E-state index is 13.0. The van der Waals surface area contributed by atoms with Gasteiger partial charge in [-0.1, -0.05) is 0 Å². The van der Waals surface area contributed by atoms with Gasteiger partial charge in [-0.3, -0.25) is 0 Å². The molecule has 0 amide bonds. The third kappa shape index (κ3) is 2.66. The molecule has 3 rings (SSSR count). The van der Waals surface area contributed by atoms with Crippen LogP contribution in [0.15, 0.2) is 23.1 Å². The van der Waals surface area contributed by atoms with Gasteiger partial charge >= 0.3 is 5.97 Å². The summed E-state index contributed by atoms with van der Waals surface area (Å²) >= 11 is 0. The number of carbonyl (C=O) groups is 1. The second-order valence-electron chi connectivity index (χ2n) is 6.64. The number of carboxylic acids is 1. The Bertz CT molecular complexity index is 736. The molecular weight excluding hydrogens is 316 g/mol. The van der Waals surface area contributed by atoms with Crippen LogP contribution in [0.2, 0.25) is 0 Å². The van der Waals surface area contributed by atoms with Gasteiger partial charge in [0.1, 0.15) is 0 Å². The van der Waals surface area contributed by atoms with Gasteiger partial charge in [0.05, 0.1) is 10.5 Å². The second-order valence-corrected chi connectivity index (χ2v) is 8.50. The molecule has 7 heteroatoms. The molecule has 0 atom stereocenters. The highest BCUT2D eigenvalue weighted by molar-refractivity contribution is 7.89. The van der Waals surface area contributed by atoms with Gasteiger partial charge in [0.25, 0.3) is 0 Å². The highest BCUT2D eigenvalue weighted by Gasteiger charge is 2.52. The van der Waals surface area contributed by atoms with Crippen molar-refractivity contribution in [1.82, 2.24) is 9.21 Å². The van der Waals surface area contributed by atoms with Crippen molar-refractivity contribution in [3.05, 3.63) is 29.3 Å². The molecule has 2 fully saturated rings. The summed E-state index contributed by atoms with van der Waals surface area (Å²) in [4.78, 5) is 13.5. The normalized spacial score (nSPS) is 22.0. The van der Waals surface area contributed by atoms with Crippen molar-refractivity contribution in [3.63, 3.8) is 0 Å². The maximum absolute atomic E-state index is 13.0. The number of hydrogen-bond acceptors (Lipinski definition) is 4. The number of sulfonamides is 1. The van der Waals surface area contributed by atoms with Crippen molar-refractivity contribution in [2.45, 2.75) is 36.6 Å². The highest BCUT2D eigenvalue weighted by atomic mass is 32.2. The number of benzene rings is 1. The largest absolute Gasteiger partial charge is 0.478 e. The van der Waals surface area contributed by atoms with E-state index in [0.29, 0.717) is 12.1 Å². The summed E-state index contributed by atoms with van der Waals surface area (Å²) in [5, 5.41) is 9.08. The number of nitrogens with zero attached hydrogens (tertiary/aromatic N) is 2. The molecular formula is C16H22N2O4S. The van der Waals surface area contributed by atoms with E-state index >= 15 is 0 Å². The monoisotopic (exact) mass is 338 g/mol. The Morgan fingerprint density at radius 1 is 1.17 bits per heavy atom. The van der Waals surface area contributed by atoms with E-state index in [2.05, 4.69) is 11.9 Å². The summed E-state index contributed by atoms with van der Waals surface area (Å²) in [5.74, 6) is -1.04. The molecule has 2 saturated heterocycles. The molecule has 126 valence electrons. The van der Waals surface area contributed by atoms with Gasteiger partial charge in [-0.25, -0.2) is 13.2 Å². The molecule has 1 spiro atoms. The average Bonchev–Trinajstić information content (AvgIpc) is 2.46. The smallest absolute Gasteiger partial charge is 0.335 e. The molecule has 0 bridgehead atoms. The molecule has 0 radical (unpaired) electrons. The Kier molecular flexibility index (Phi) is 3.98. The molecule has 2 aliphatic rings. The van der Waals surface area contributed by atoms with Crippen LogP contribution in [-0.2, 0) is 10.0 Å². The van der Waals surface area contributed by atoms with E-state index in [4.69, 9.17) is 5.11 Å². The van der Waals surface area contributed by atoms with Crippen LogP contribution in [0.3, 0.4) is 0 Å². The summed E-state index contributed by atoms with van der Waals surface area (Å²) in [6, 6.07) is 4.26. The van der Waals surface area contributed by atoms with Crippen LogP contribution >= 0.6 is 0 Å². The Morgan fingerprint density at radius 2 is 1.78 bits per heavy atom. The lowest BCUT2D eigenvalue weighted by Gasteiger charge is -2.54. The Hall–Kier alpha value is -1.44. The van der Waals surface area contributed by atoms with E-state index in [1.54, 1.807) is 11.2 Å². The van der Waals surface area contributed by atoms with Crippen molar-refractivity contribution in [2.24, 2.45) is 0 Å². The van der Waals surface area contributed by atoms with Gasteiger partial charge in [0.2, 0.25) is 10.0 Å². The lowest BCUT2D eigenvalue weighted by atomic mass is 9.79. The standard InChI is InChI=1S/C16H22N2O4S/c1-12-11-13(3-4-14(12)15(19)20)23(21,22)18-10-7-16(18)5-8-17(2)9-6-16/h3-4,11H,5-10H2,1-2H3,(H,19,20). The minimum atomic E-state index is -3.57. The maximum Gasteiger partial charge on any atom is 0.335 e. The van der Waals surface area contributed by atoms with Gasteiger partial charge in [0, 0.05) is 12.1 Å². The van der Waals surface area contributed by atoms with Crippen LogP contribution in [0.5, 0.6) is 0 Å². The first-order chi connectivity index (χ1) is 10.8. The van der Waals surface area contributed by atoms with Gasteiger partial charge < -0.3 is 10.0 Å². The summed E-state index contributed by atoms with van der Waals surface area (Å²) < 4.78 is 27.6. The Labute approximate surface area is 136 Å². The molecule has 23 heavy (non-hydrogen) atoms. The predicted octanol–water partition coefficient (Wildman–Crippen LogP) is 1.55. The van der Waals surface area contributed by atoms with E-state index in [9.17, 15) is 13.2 Å². The second kappa shape index (κ2) is 5.58. The number of rotatable bonds is 3. The third-order valence-electron chi connectivity index (χ3n) is 5.24. The molecule has 0 aliphatic carbocycles. The predicted molar refractivity (Wildman–Crippen MR) is 86.1 cm³/mol. The molecule has 1 aromatic rings. The molecule has 0 saturated carbocycles. The zero-order valence-electron chi connectivity index (χ0n) is 13.4. The lowest BCUT2D eigenvalue weighted by Crippen LogP contribution is -2.65. The van der Waals surface area contributed by atoms with Crippen LogP contribution in [0.1, 0.15) is 35.2 Å². The zero-order valence-corrected chi connectivity index (χ0v) is 14.3. The van der Waals surface area contributed by atoms with Crippen LogP contribution in [-0.4, -0.2) is 60.9 Å². The number of likely N-dealkylation sites (tertiary alicyclic amines) is 1. The molecule has 1 aromatic carbocycles. The molecule has 2 heterocycles. The van der Waals surface area contributed by atoms with Crippen LogP contribution in [0, 0.1) is 6.92 Å². The summed E-state index contributed by atoms with van der Waals surface area (Å²) in [6.07, 6.45) is 2.62. The fraction of sp³-hybridized carbons (Fsp3) is 0.562. The molecule has 0 unspecified atom stereocenters. The van der Waals surface area contributed by atoms with Crippen molar-refractivity contribution in [2.75, 3.05) is 26.7 Å². The number of aromatic carboxylic acids is 1. The first-order valence-electron chi connectivity index (χ1n) is 7.82. The molecule has 0 aromatic heterocycles. The van der Waals surface area contributed by atoms with Gasteiger partial charge in [-0.15, -0.1) is 0 Å². The fourth-order valence-corrected chi connectivity index (χ4v) is 5.53. The highest BCUT2D eigenvalue weighted by Crippen LogP contribution is 2.43. The SMILES string of the molecule is Cc1cc(S(=O)(=O)N2CCC23CCN(C)CC3)ccc1C(=O)O. The molecule has 1 N–H and O–H groups in total. The van der Waals surface area contributed by atoms with E-state index in [1.807, 2.05) is 0 Å². The fourth-order valence-electron chi connectivity index (χ4n) is 3.59. The first-order valence-corrected chi connectivity index (χ1v) is 9.26. The van der Waals surface area contributed by atoms with E-state index in [-0.39, 0.29) is 16.0 Å². The minimum absolute atomic E-state index is 0.140. The molecule has 2 aliphatic heterocycles. The van der Waals surface area contributed by atoms with Crippen LogP contribution in [0.25, 0.3) is 0 Å². The van der Waals surface area contributed by atoms with Gasteiger partial charge in [-0.05, 0) is 70.1 Å². The lowest BCUT2D eigenvalue weighted by molar-refractivity contribution is 0.0111. The first kappa shape index (κ1) is 16.4. The van der Waals surface area contributed by atoms with Crippen molar-refractivity contribution in [1.29, 1.82) is 0 Å². The number of piperidine rings is 1. The summed E-state index contributed by atoms with van der Waals surface area (Å²) in [6.45, 7) is 3.99.